The molecule has 0 aliphatic rings. The Bertz CT molecular complexity index is 1050. The number of nitrogens with one attached hydrogen (secondary N) is 2. The van der Waals surface area contributed by atoms with E-state index in [1.165, 1.54) is 7.11 Å². The highest BCUT2D eigenvalue weighted by molar-refractivity contribution is 5.96. The first-order valence-electron chi connectivity index (χ1n) is 16.0. The third kappa shape index (κ3) is 26.4. The third-order valence-corrected chi connectivity index (χ3v) is 6.24. The van der Waals surface area contributed by atoms with E-state index in [2.05, 4.69) is 83.1 Å². The molecule has 0 heterocycles. The first kappa shape index (κ1) is 42.0. The van der Waals surface area contributed by atoms with Crippen LogP contribution in [0.25, 0.3) is 0 Å². The molecule has 0 radical (unpaired) electrons. The monoisotopic (exact) mass is 642 g/mol. The van der Waals surface area contributed by atoms with Crippen LogP contribution in [0.1, 0.15) is 77.6 Å². The summed E-state index contributed by atoms with van der Waals surface area (Å²) >= 11 is 0. The Balaban J connectivity index is 4.18. The van der Waals surface area contributed by atoms with Crippen LogP contribution >= 0.6 is 0 Å². The average molecular weight is 643 g/mol. The van der Waals surface area contributed by atoms with E-state index in [1.54, 1.807) is 0 Å². The van der Waals surface area contributed by atoms with Crippen LogP contribution < -0.4 is 10.6 Å². The van der Waals surface area contributed by atoms with Gasteiger partial charge in [-0.25, -0.2) is 9.59 Å². The molecule has 0 spiro atoms. The number of rotatable bonds is 26. The standard InChI is InChI=1S/C36H54N2O8/c1-3-4-5-6-7-8-9-10-11-12-13-14-15-16-17-18-19-20-21-25-33(41)37-28-23-22-24-32(36(44)46-31(29-39)30-40)38-34(42)26-27-35(43)45-2/h4-5,7-8,10-11,13-14,16-17,19-20,26-27,31-32,39-40H,3,6,9,12,15,18,21-25,28-30H2,1-2H3,(H,37,41)(H,38,42). The molecule has 0 aliphatic heterocycles. The van der Waals surface area contributed by atoms with Gasteiger partial charge in [0.15, 0.2) is 0 Å². The lowest BCUT2D eigenvalue weighted by molar-refractivity contribution is -0.157. The largest absolute Gasteiger partial charge is 0.466 e. The first-order valence-corrected chi connectivity index (χ1v) is 16.0. The zero-order valence-electron chi connectivity index (χ0n) is 27.5. The number of methoxy groups -OCH3 is 1. The molecule has 0 aromatic carbocycles. The zero-order chi connectivity index (χ0) is 34.1. The SMILES string of the molecule is CCC=CCC=CCC=CCC=CCC=CCC=CCCC(=O)NCCCCC(NC(=O)C=CC(=O)OC)C(=O)OC(CO)CO. The first-order chi connectivity index (χ1) is 22.4. The minimum atomic E-state index is -1.11. The summed E-state index contributed by atoms with van der Waals surface area (Å²) in [5.41, 5.74) is 0. The Morgan fingerprint density at radius 1 is 0.717 bits per heavy atom. The Morgan fingerprint density at radius 2 is 1.24 bits per heavy atom. The van der Waals surface area contributed by atoms with Crippen molar-refractivity contribution in [2.45, 2.75) is 89.7 Å². The summed E-state index contributed by atoms with van der Waals surface area (Å²) < 4.78 is 9.45. The highest BCUT2D eigenvalue weighted by atomic mass is 16.6. The summed E-state index contributed by atoms with van der Waals surface area (Å²) in [5.74, 6) is -2.34. The number of aliphatic hydroxyl groups is 2. The lowest BCUT2D eigenvalue weighted by atomic mass is 10.1. The van der Waals surface area contributed by atoms with E-state index in [0.717, 1.165) is 50.7 Å². The van der Waals surface area contributed by atoms with E-state index in [4.69, 9.17) is 14.9 Å². The van der Waals surface area contributed by atoms with Gasteiger partial charge in [0.1, 0.15) is 12.1 Å². The second kappa shape index (κ2) is 31.0. The van der Waals surface area contributed by atoms with Crippen LogP contribution in [0.15, 0.2) is 85.1 Å². The van der Waals surface area contributed by atoms with E-state index >= 15 is 0 Å². The number of aliphatic hydroxyl groups excluding tert-OH is 2. The lowest BCUT2D eigenvalue weighted by Crippen LogP contribution is -2.43. The molecule has 1 atom stereocenters. The van der Waals surface area contributed by atoms with E-state index < -0.39 is 43.2 Å². The van der Waals surface area contributed by atoms with Gasteiger partial charge < -0.3 is 30.3 Å². The molecule has 0 bridgehead atoms. The van der Waals surface area contributed by atoms with Crippen molar-refractivity contribution < 1.29 is 38.9 Å². The molecular weight excluding hydrogens is 588 g/mol. The van der Waals surface area contributed by atoms with Crippen molar-refractivity contribution in [3.8, 4) is 0 Å². The molecule has 0 saturated carbocycles. The van der Waals surface area contributed by atoms with Gasteiger partial charge in [0.05, 0.1) is 20.3 Å². The van der Waals surface area contributed by atoms with E-state index in [9.17, 15) is 19.2 Å². The van der Waals surface area contributed by atoms with Gasteiger partial charge in [0, 0.05) is 25.1 Å². The molecule has 10 heteroatoms. The van der Waals surface area contributed by atoms with E-state index in [-0.39, 0.29) is 12.3 Å². The van der Waals surface area contributed by atoms with Crippen LogP contribution in [-0.4, -0.2) is 73.0 Å². The fraction of sp³-hybridized carbons (Fsp3) is 0.500. The van der Waals surface area contributed by atoms with Crippen molar-refractivity contribution in [3.63, 3.8) is 0 Å². The van der Waals surface area contributed by atoms with Gasteiger partial charge in [0.25, 0.3) is 0 Å². The summed E-state index contributed by atoms with van der Waals surface area (Å²) in [6, 6.07) is -1.07. The number of hydrogen-bond acceptors (Lipinski definition) is 8. The molecule has 0 aromatic rings. The number of ether oxygens (including phenoxy) is 2. The molecule has 2 amide bonds. The van der Waals surface area contributed by atoms with Gasteiger partial charge in [-0.3, -0.25) is 9.59 Å². The van der Waals surface area contributed by atoms with Gasteiger partial charge in [-0.15, -0.1) is 0 Å². The van der Waals surface area contributed by atoms with Crippen molar-refractivity contribution in [2.75, 3.05) is 26.9 Å². The van der Waals surface area contributed by atoms with Gasteiger partial charge in [0.2, 0.25) is 11.8 Å². The topological polar surface area (TPSA) is 151 Å². The third-order valence-electron chi connectivity index (χ3n) is 6.24. The number of carbonyl (C=O) groups is 4. The van der Waals surface area contributed by atoms with Crippen LogP contribution in [0.4, 0.5) is 0 Å². The molecule has 0 aromatic heterocycles. The van der Waals surface area contributed by atoms with Crippen LogP contribution in [0, 0.1) is 0 Å². The number of carbonyl (C=O) groups excluding carboxylic acids is 4. The van der Waals surface area contributed by atoms with Gasteiger partial charge >= 0.3 is 11.9 Å². The Labute approximate surface area is 274 Å². The maximum atomic E-state index is 12.5. The predicted octanol–water partition coefficient (Wildman–Crippen LogP) is 4.86. The molecule has 0 saturated heterocycles. The molecule has 0 aliphatic carbocycles. The van der Waals surface area contributed by atoms with E-state index in [0.29, 0.717) is 32.2 Å². The fourth-order valence-electron chi connectivity index (χ4n) is 3.70. The molecule has 46 heavy (non-hydrogen) atoms. The summed E-state index contributed by atoms with van der Waals surface area (Å²) in [6.07, 6.45) is 34.2. The Kier molecular flexibility index (Phi) is 28.3. The summed E-state index contributed by atoms with van der Waals surface area (Å²) in [6.45, 7) is 1.39. The number of unbranched alkanes of at least 4 members (excludes halogenated alkanes) is 1. The summed E-state index contributed by atoms with van der Waals surface area (Å²) in [5, 5.41) is 23.6. The second-order valence-corrected chi connectivity index (χ2v) is 10.1. The van der Waals surface area contributed by atoms with Crippen LogP contribution in [0.5, 0.6) is 0 Å². The maximum absolute atomic E-state index is 12.5. The number of allylic oxidation sites excluding steroid dienone is 12. The number of hydrogen-bond donors (Lipinski definition) is 4. The molecule has 1 unspecified atom stereocenters. The minimum Gasteiger partial charge on any atom is -0.466 e. The molecular formula is C36H54N2O8. The predicted molar refractivity (Wildman–Crippen MR) is 181 cm³/mol. The minimum absolute atomic E-state index is 0.0783. The van der Waals surface area contributed by atoms with Crippen molar-refractivity contribution in [1.82, 2.24) is 10.6 Å². The van der Waals surface area contributed by atoms with Crippen LogP contribution in [0.3, 0.4) is 0 Å². The maximum Gasteiger partial charge on any atom is 0.330 e. The normalized spacial score (nSPS) is 13.0. The van der Waals surface area contributed by atoms with Gasteiger partial charge in [-0.05, 0) is 64.2 Å². The number of amides is 2. The van der Waals surface area contributed by atoms with Gasteiger partial charge in [-0.2, -0.15) is 0 Å². The quantitative estimate of drug-likeness (QED) is 0.0452. The molecule has 256 valence electrons. The lowest BCUT2D eigenvalue weighted by Gasteiger charge is -2.20. The van der Waals surface area contributed by atoms with E-state index in [1.807, 2.05) is 12.2 Å². The number of esters is 2. The second-order valence-electron chi connectivity index (χ2n) is 10.1. The van der Waals surface area contributed by atoms with Crippen LogP contribution in [0.2, 0.25) is 0 Å². The van der Waals surface area contributed by atoms with Crippen molar-refractivity contribution in [1.29, 1.82) is 0 Å². The van der Waals surface area contributed by atoms with Crippen molar-refractivity contribution >= 4 is 23.8 Å². The highest BCUT2D eigenvalue weighted by Gasteiger charge is 2.24. The summed E-state index contributed by atoms with van der Waals surface area (Å²) in [4.78, 5) is 47.9. The average Bonchev–Trinajstić information content (AvgIpc) is 3.06. The van der Waals surface area contributed by atoms with Crippen LogP contribution in [-0.2, 0) is 28.7 Å². The molecule has 0 fully saturated rings. The molecule has 10 nitrogen and oxygen atoms in total. The molecule has 0 rings (SSSR count). The highest BCUT2D eigenvalue weighted by Crippen LogP contribution is 2.06. The smallest absolute Gasteiger partial charge is 0.330 e. The fourth-order valence-corrected chi connectivity index (χ4v) is 3.70. The molecule has 4 N–H and O–H groups in total. The van der Waals surface area contributed by atoms with Crippen molar-refractivity contribution in [3.05, 3.63) is 85.1 Å². The Morgan fingerprint density at radius 3 is 1.74 bits per heavy atom. The zero-order valence-corrected chi connectivity index (χ0v) is 27.5. The van der Waals surface area contributed by atoms with Crippen molar-refractivity contribution in [2.24, 2.45) is 0 Å². The Hall–Kier alpha value is -4.02. The van der Waals surface area contributed by atoms with Gasteiger partial charge in [-0.1, -0.05) is 79.8 Å². The summed E-state index contributed by atoms with van der Waals surface area (Å²) in [7, 11) is 1.17.